The summed E-state index contributed by atoms with van der Waals surface area (Å²) in [5.41, 5.74) is 1.81. The van der Waals surface area contributed by atoms with Crippen molar-refractivity contribution in [2.24, 2.45) is 0 Å². The summed E-state index contributed by atoms with van der Waals surface area (Å²) >= 11 is 1.94. The molecule has 2 aromatic carbocycles. The largest absolute Gasteiger partial charge is 0.489 e. The first-order valence-electron chi connectivity index (χ1n) is 10.1. The summed E-state index contributed by atoms with van der Waals surface area (Å²) in [6, 6.07) is 17.9. The van der Waals surface area contributed by atoms with Gasteiger partial charge in [-0.3, -0.25) is 4.79 Å². The van der Waals surface area contributed by atoms with Crippen molar-refractivity contribution in [1.82, 2.24) is 4.90 Å². The highest BCUT2D eigenvalue weighted by Gasteiger charge is 2.31. The van der Waals surface area contributed by atoms with Gasteiger partial charge in [0.1, 0.15) is 12.4 Å². The predicted octanol–water partition coefficient (Wildman–Crippen LogP) is 4.39. The van der Waals surface area contributed by atoms with E-state index in [1.807, 2.05) is 66.4 Å². The number of para-hydroxylation sites is 1. The zero-order valence-electron chi connectivity index (χ0n) is 16.1. The van der Waals surface area contributed by atoms with Gasteiger partial charge in [-0.25, -0.2) is 0 Å². The van der Waals surface area contributed by atoms with Crippen LogP contribution in [0.2, 0.25) is 0 Å². The summed E-state index contributed by atoms with van der Waals surface area (Å²) in [4.78, 5) is 15.3. The van der Waals surface area contributed by atoms with Gasteiger partial charge in [0, 0.05) is 30.5 Å². The van der Waals surface area contributed by atoms with E-state index in [4.69, 9.17) is 9.47 Å². The number of amides is 1. The molecule has 0 saturated carbocycles. The number of rotatable bonds is 7. The Balaban J connectivity index is 1.41. The van der Waals surface area contributed by atoms with Crippen molar-refractivity contribution in [2.75, 3.05) is 24.7 Å². The number of hydrogen-bond donors (Lipinski definition) is 0. The van der Waals surface area contributed by atoms with Crippen molar-refractivity contribution in [3.8, 4) is 5.75 Å². The quantitative estimate of drug-likeness (QED) is 0.694. The van der Waals surface area contributed by atoms with Crippen LogP contribution in [0, 0.1) is 0 Å². The summed E-state index contributed by atoms with van der Waals surface area (Å²) in [6.45, 7) is 2.03. The molecule has 4 nitrogen and oxygen atoms in total. The van der Waals surface area contributed by atoms with Crippen LogP contribution >= 0.6 is 11.8 Å². The fourth-order valence-corrected chi connectivity index (χ4v) is 4.99. The van der Waals surface area contributed by atoms with Gasteiger partial charge < -0.3 is 14.4 Å². The van der Waals surface area contributed by atoms with Gasteiger partial charge >= 0.3 is 0 Å². The molecule has 2 heterocycles. The van der Waals surface area contributed by atoms with Crippen molar-refractivity contribution in [1.29, 1.82) is 0 Å². The first-order valence-corrected chi connectivity index (χ1v) is 11.2. The monoisotopic (exact) mass is 397 g/mol. The standard InChI is InChI=1S/C23H27NO3S/c25-23(24(20-12-14-28-17-20)15-22-7-4-13-26-22)19-10-8-18(9-11-19)16-27-21-5-2-1-3-6-21/h1-3,5-6,8-11,20,22H,4,7,12-17H2. The lowest BCUT2D eigenvalue weighted by Crippen LogP contribution is -2.44. The zero-order chi connectivity index (χ0) is 19.2. The Morgan fingerprint density at radius 3 is 2.61 bits per heavy atom. The van der Waals surface area contributed by atoms with E-state index in [2.05, 4.69) is 4.90 Å². The number of thioether (sulfide) groups is 1. The van der Waals surface area contributed by atoms with Crippen LogP contribution in [-0.4, -0.2) is 47.6 Å². The third-order valence-electron chi connectivity index (χ3n) is 5.38. The van der Waals surface area contributed by atoms with Crippen molar-refractivity contribution in [2.45, 2.75) is 38.0 Å². The lowest BCUT2D eigenvalue weighted by molar-refractivity contribution is 0.0441. The summed E-state index contributed by atoms with van der Waals surface area (Å²) in [5.74, 6) is 3.14. The molecule has 2 aromatic rings. The maximum absolute atomic E-state index is 13.2. The fraction of sp³-hybridized carbons (Fsp3) is 0.435. The van der Waals surface area contributed by atoms with E-state index in [-0.39, 0.29) is 12.0 Å². The van der Waals surface area contributed by atoms with E-state index in [9.17, 15) is 4.79 Å². The molecule has 0 N–H and O–H groups in total. The Kier molecular flexibility index (Phi) is 6.55. The highest BCUT2D eigenvalue weighted by atomic mass is 32.2. The molecule has 2 saturated heterocycles. The molecular weight excluding hydrogens is 370 g/mol. The summed E-state index contributed by atoms with van der Waals surface area (Å²) in [6.07, 6.45) is 3.42. The van der Waals surface area contributed by atoms with Gasteiger partial charge in [-0.1, -0.05) is 30.3 Å². The Morgan fingerprint density at radius 2 is 1.93 bits per heavy atom. The van der Waals surface area contributed by atoms with Crippen LogP contribution in [0.15, 0.2) is 54.6 Å². The smallest absolute Gasteiger partial charge is 0.254 e. The Labute approximate surface area is 171 Å². The molecule has 2 atom stereocenters. The average Bonchev–Trinajstić information content (AvgIpc) is 3.45. The fourth-order valence-electron chi connectivity index (χ4n) is 3.77. The molecule has 0 spiro atoms. The first-order chi connectivity index (χ1) is 13.8. The van der Waals surface area contributed by atoms with E-state index in [0.29, 0.717) is 19.2 Å². The lowest BCUT2D eigenvalue weighted by Gasteiger charge is -2.31. The molecule has 2 aliphatic rings. The molecule has 0 radical (unpaired) electrons. The number of carbonyl (C=O) groups is 1. The minimum absolute atomic E-state index is 0.124. The van der Waals surface area contributed by atoms with Crippen LogP contribution in [0.5, 0.6) is 5.75 Å². The van der Waals surface area contributed by atoms with E-state index < -0.39 is 0 Å². The third-order valence-corrected chi connectivity index (χ3v) is 6.53. The van der Waals surface area contributed by atoms with Gasteiger partial charge in [-0.15, -0.1) is 0 Å². The van der Waals surface area contributed by atoms with E-state index in [0.717, 1.165) is 54.3 Å². The second-order valence-electron chi connectivity index (χ2n) is 7.41. The molecule has 148 valence electrons. The molecular formula is C23H27NO3S. The molecule has 2 fully saturated rings. The normalized spacial score (nSPS) is 21.6. The van der Waals surface area contributed by atoms with Crippen LogP contribution in [0.3, 0.4) is 0 Å². The van der Waals surface area contributed by atoms with Crippen LogP contribution in [0.25, 0.3) is 0 Å². The van der Waals surface area contributed by atoms with Crippen LogP contribution in [0.1, 0.15) is 35.2 Å². The van der Waals surface area contributed by atoms with Gasteiger partial charge in [0.25, 0.3) is 5.91 Å². The number of benzene rings is 2. The molecule has 4 rings (SSSR count). The van der Waals surface area contributed by atoms with Gasteiger partial charge in [0.05, 0.1) is 6.10 Å². The molecule has 0 aliphatic carbocycles. The molecule has 5 heteroatoms. The molecule has 28 heavy (non-hydrogen) atoms. The number of nitrogens with zero attached hydrogens (tertiary/aromatic N) is 1. The predicted molar refractivity (Wildman–Crippen MR) is 113 cm³/mol. The number of carbonyl (C=O) groups excluding carboxylic acids is 1. The lowest BCUT2D eigenvalue weighted by atomic mass is 10.1. The molecule has 1 amide bonds. The summed E-state index contributed by atoms with van der Waals surface area (Å²) < 4.78 is 11.6. The Bertz CT molecular complexity index is 753. The highest BCUT2D eigenvalue weighted by molar-refractivity contribution is 7.99. The topological polar surface area (TPSA) is 38.8 Å². The van der Waals surface area contributed by atoms with E-state index >= 15 is 0 Å². The van der Waals surface area contributed by atoms with Crippen LogP contribution in [0.4, 0.5) is 0 Å². The minimum Gasteiger partial charge on any atom is -0.489 e. The van der Waals surface area contributed by atoms with Gasteiger partial charge in [-0.2, -0.15) is 11.8 Å². The van der Waals surface area contributed by atoms with Gasteiger partial charge in [0.2, 0.25) is 0 Å². The molecule has 0 aromatic heterocycles. The second-order valence-corrected chi connectivity index (χ2v) is 8.56. The summed E-state index contributed by atoms with van der Waals surface area (Å²) in [7, 11) is 0. The van der Waals surface area contributed by atoms with Crippen molar-refractivity contribution in [3.63, 3.8) is 0 Å². The van der Waals surface area contributed by atoms with Crippen molar-refractivity contribution in [3.05, 3.63) is 65.7 Å². The SMILES string of the molecule is O=C(c1ccc(COc2ccccc2)cc1)N(CC1CCCO1)C1CCSC1. The number of hydrogen-bond acceptors (Lipinski definition) is 4. The van der Waals surface area contributed by atoms with E-state index in [1.165, 1.54) is 0 Å². The first kappa shape index (κ1) is 19.3. The maximum atomic E-state index is 13.2. The Hall–Kier alpha value is -1.98. The maximum Gasteiger partial charge on any atom is 0.254 e. The van der Waals surface area contributed by atoms with Crippen LogP contribution in [-0.2, 0) is 11.3 Å². The zero-order valence-corrected chi connectivity index (χ0v) is 16.9. The van der Waals surface area contributed by atoms with Gasteiger partial charge in [-0.05, 0) is 54.8 Å². The van der Waals surface area contributed by atoms with Gasteiger partial charge in [0.15, 0.2) is 0 Å². The van der Waals surface area contributed by atoms with Crippen molar-refractivity contribution < 1.29 is 14.3 Å². The van der Waals surface area contributed by atoms with Crippen molar-refractivity contribution >= 4 is 17.7 Å². The summed E-state index contributed by atoms with van der Waals surface area (Å²) in [5, 5.41) is 0. The Morgan fingerprint density at radius 1 is 1.11 bits per heavy atom. The molecule has 2 aliphatic heterocycles. The number of ether oxygens (including phenoxy) is 2. The minimum atomic E-state index is 0.124. The molecule has 2 unspecified atom stereocenters. The molecule has 0 bridgehead atoms. The van der Waals surface area contributed by atoms with Crippen LogP contribution < -0.4 is 4.74 Å². The van der Waals surface area contributed by atoms with E-state index in [1.54, 1.807) is 0 Å². The average molecular weight is 398 g/mol. The second kappa shape index (κ2) is 9.48. The highest BCUT2D eigenvalue weighted by Crippen LogP contribution is 2.26. The third kappa shape index (κ3) is 4.89.